The van der Waals surface area contributed by atoms with Crippen molar-refractivity contribution in [2.45, 2.75) is 38.2 Å². The molecule has 0 unspecified atom stereocenters. The monoisotopic (exact) mass is 295 g/mol. The highest BCUT2D eigenvalue weighted by Crippen LogP contribution is 2.34. The number of methoxy groups -OCH3 is 1. The standard InChI is InChI=1S/C16H25NO2S/c1-18-16-13(5-2-3-10-17)6-4-7-15(16)19-14-8-11-20-12-9-14/h4,6-7,14H,2-3,5,8-12,17H2,1H3. The van der Waals surface area contributed by atoms with Crippen molar-refractivity contribution in [1.29, 1.82) is 0 Å². The van der Waals surface area contributed by atoms with Gasteiger partial charge in [-0.05, 0) is 61.8 Å². The Labute approximate surface area is 126 Å². The first kappa shape index (κ1) is 15.5. The van der Waals surface area contributed by atoms with Gasteiger partial charge in [0, 0.05) is 0 Å². The lowest BCUT2D eigenvalue weighted by molar-refractivity contribution is 0.184. The molecular weight excluding hydrogens is 270 g/mol. The molecule has 2 N–H and O–H groups in total. The largest absolute Gasteiger partial charge is 0.493 e. The van der Waals surface area contributed by atoms with Crippen LogP contribution in [0, 0.1) is 0 Å². The summed E-state index contributed by atoms with van der Waals surface area (Å²) in [6, 6.07) is 6.21. The summed E-state index contributed by atoms with van der Waals surface area (Å²) in [7, 11) is 1.73. The van der Waals surface area contributed by atoms with Crippen molar-refractivity contribution >= 4 is 11.8 Å². The maximum atomic E-state index is 6.16. The predicted molar refractivity (Wildman–Crippen MR) is 86.0 cm³/mol. The second kappa shape index (κ2) is 8.42. The van der Waals surface area contributed by atoms with Crippen LogP contribution in [-0.4, -0.2) is 31.3 Å². The number of aryl methyl sites for hydroxylation is 1. The van der Waals surface area contributed by atoms with Crippen molar-refractivity contribution in [2.75, 3.05) is 25.2 Å². The smallest absolute Gasteiger partial charge is 0.163 e. The van der Waals surface area contributed by atoms with Gasteiger partial charge in [0.2, 0.25) is 0 Å². The molecule has 1 aliphatic heterocycles. The highest BCUT2D eigenvalue weighted by Gasteiger charge is 2.18. The molecule has 0 bridgehead atoms. The first-order valence-electron chi connectivity index (χ1n) is 7.45. The number of para-hydroxylation sites is 1. The number of hydrogen-bond donors (Lipinski definition) is 1. The van der Waals surface area contributed by atoms with Gasteiger partial charge in [-0.3, -0.25) is 0 Å². The van der Waals surface area contributed by atoms with Gasteiger partial charge in [-0.2, -0.15) is 11.8 Å². The summed E-state index contributed by atoms with van der Waals surface area (Å²) in [6.07, 6.45) is 5.74. The number of nitrogens with two attached hydrogens (primary N) is 1. The van der Waals surface area contributed by atoms with Gasteiger partial charge in [0.1, 0.15) is 6.10 Å². The highest BCUT2D eigenvalue weighted by atomic mass is 32.2. The average molecular weight is 295 g/mol. The Morgan fingerprint density at radius 2 is 2.05 bits per heavy atom. The van der Waals surface area contributed by atoms with E-state index in [0.29, 0.717) is 6.10 Å². The van der Waals surface area contributed by atoms with Gasteiger partial charge in [-0.15, -0.1) is 0 Å². The zero-order valence-electron chi connectivity index (χ0n) is 12.3. The molecule has 0 saturated carbocycles. The molecule has 112 valence electrons. The lowest BCUT2D eigenvalue weighted by Gasteiger charge is -2.24. The third kappa shape index (κ3) is 4.32. The molecule has 1 aliphatic rings. The Morgan fingerprint density at radius 1 is 1.25 bits per heavy atom. The van der Waals surface area contributed by atoms with E-state index in [4.69, 9.17) is 15.2 Å². The summed E-state index contributed by atoms with van der Waals surface area (Å²) >= 11 is 2.01. The van der Waals surface area contributed by atoms with E-state index in [1.807, 2.05) is 17.8 Å². The van der Waals surface area contributed by atoms with Gasteiger partial charge in [-0.25, -0.2) is 0 Å². The zero-order chi connectivity index (χ0) is 14.2. The molecule has 0 spiro atoms. The second-order valence-corrected chi connectivity index (χ2v) is 6.35. The van der Waals surface area contributed by atoms with Crippen molar-refractivity contribution < 1.29 is 9.47 Å². The van der Waals surface area contributed by atoms with Crippen LogP contribution in [0.4, 0.5) is 0 Å². The van der Waals surface area contributed by atoms with Crippen molar-refractivity contribution in [3.63, 3.8) is 0 Å². The van der Waals surface area contributed by atoms with Crippen molar-refractivity contribution in [3.05, 3.63) is 23.8 Å². The maximum absolute atomic E-state index is 6.16. The van der Waals surface area contributed by atoms with Crippen molar-refractivity contribution in [3.8, 4) is 11.5 Å². The minimum atomic E-state index is 0.337. The highest BCUT2D eigenvalue weighted by molar-refractivity contribution is 7.99. The van der Waals surface area contributed by atoms with Gasteiger partial charge < -0.3 is 15.2 Å². The Kier molecular flexibility index (Phi) is 6.54. The molecule has 1 fully saturated rings. The predicted octanol–water partition coefficient (Wildman–Crippen LogP) is 3.25. The Morgan fingerprint density at radius 3 is 2.75 bits per heavy atom. The van der Waals surface area contributed by atoms with E-state index >= 15 is 0 Å². The van der Waals surface area contributed by atoms with E-state index in [0.717, 1.165) is 50.1 Å². The molecule has 1 heterocycles. The van der Waals surface area contributed by atoms with Crippen LogP contribution in [0.3, 0.4) is 0 Å². The van der Waals surface area contributed by atoms with Crippen LogP contribution in [0.15, 0.2) is 18.2 Å². The third-order valence-electron chi connectivity index (χ3n) is 3.63. The molecule has 0 aliphatic carbocycles. The second-order valence-electron chi connectivity index (χ2n) is 5.12. The van der Waals surface area contributed by atoms with Gasteiger partial charge >= 0.3 is 0 Å². The van der Waals surface area contributed by atoms with E-state index < -0.39 is 0 Å². The van der Waals surface area contributed by atoms with Crippen LogP contribution in [0.2, 0.25) is 0 Å². The van der Waals surface area contributed by atoms with E-state index in [1.54, 1.807) is 7.11 Å². The molecule has 0 amide bonds. The molecule has 1 aromatic carbocycles. The number of unbranched alkanes of at least 4 members (excludes halogenated alkanes) is 1. The number of benzene rings is 1. The van der Waals surface area contributed by atoms with Crippen LogP contribution in [0.1, 0.15) is 31.2 Å². The molecule has 0 radical (unpaired) electrons. The van der Waals surface area contributed by atoms with Gasteiger partial charge in [0.05, 0.1) is 7.11 Å². The van der Waals surface area contributed by atoms with Gasteiger partial charge in [0.25, 0.3) is 0 Å². The molecule has 20 heavy (non-hydrogen) atoms. The number of rotatable bonds is 7. The van der Waals surface area contributed by atoms with Crippen LogP contribution >= 0.6 is 11.8 Å². The minimum Gasteiger partial charge on any atom is -0.493 e. The fourth-order valence-corrected chi connectivity index (χ4v) is 3.58. The quantitative estimate of drug-likeness (QED) is 0.784. The maximum Gasteiger partial charge on any atom is 0.163 e. The summed E-state index contributed by atoms with van der Waals surface area (Å²) in [5.74, 6) is 4.20. The summed E-state index contributed by atoms with van der Waals surface area (Å²) in [5, 5.41) is 0. The van der Waals surface area contributed by atoms with E-state index in [2.05, 4.69) is 12.1 Å². The van der Waals surface area contributed by atoms with Crippen molar-refractivity contribution in [1.82, 2.24) is 0 Å². The third-order valence-corrected chi connectivity index (χ3v) is 4.68. The summed E-state index contributed by atoms with van der Waals surface area (Å²) in [5.41, 5.74) is 6.78. The lowest BCUT2D eigenvalue weighted by atomic mass is 10.1. The molecule has 3 nitrogen and oxygen atoms in total. The first-order chi connectivity index (χ1) is 9.85. The number of ether oxygens (including phenoxy) is 2. The molecular formula is C16H25NO2S. The molecule has 2 rings (SSSR count). The minimum absolute atomic E-state index is 0.337. The number of hydrogen-bond acceptors (Lipinski definition) is 4. The fraction of sp³-hybridized carbons (Fsp3) is 0.625. The molecule has 1 aromatic rings. The average Bonchev–Trinajstić information content (AvgIpc) is 2.49. The Balaban J connectivity index is 2.04. The summed E-state index contributed by atoms with van der Waals surface area (Å²) < 4.78 is 11.7. The van der Waals surface area contributed by atoms with E-state index in [9.17, 15) is 0 Å². The molecule has 1 saturated heterocycles. The topological polar surface area (TPSA) is 44.5 Å². The fourth-order valence-electron chi connectivity index (χ4n) is 2.52. The first-order valence-corrected chi connectivity index (χ1v) is 8.61. The normalized spacial score (nSPS) is 16.1. The van der Waals surface area contributed by atoms with Gasteiger partial charge in [0.15, 0.2) is 11.5 Å². The van der Waals surface area contributed by atoms with Crippen LogP contribution in [0.5, 0.6) is 11.5 Å². The molecule has 4 heteroatoms. The number of thioether (sulfide) groups is 1. The Hall–Kier alpha value is -0.870. The molecule has 0 aromatic heterocycles. The van der Waals surface area contributed by atoms with E-state index in [1.165, 1.54) is 17.1 Å². The SMILES string of the molecule is COc1c(CCCCN)cccc1OC1CCSCC1. The van der Waals surface area contributed by atoms with Crippen LogP contribution in [0.25, 0.3) is 0 Å². The summed E-state index contributed by atoms with van der Waals surface area (Å²) in [4.78, 5) is 0. The Bertz CT molecular complexity index is 405. The zero-order valence-corrected chi connectivity index (χ0v) is 13.1. The van der Waals surface area contributed by atoms with E-state index in [-0.39, 0.29) is 0 Å². The molecule has 0 atom stereocenters. The van der Waals surface area contributed by atoms with Crippen LogP contribution < -0.4 is 15.2 Å². The van der Waals surface area contributed by atoms with Crippen LogP contribution in [-0.2, 0) is 6.42 Å². The summed E-state index contributed by atoms with van der Waals surface area (Å²) in [6.45, 7) is 0.748. The lowest BCUT2D eigenvalue weighted by Crippen LogP contribution is -2.22. The van der Waals surface area contributed by atoms with Crippen molar-refractivity contribution in [2.24, 2.45) is 5.73 Å². The van der Waals surface area contributed by atoms with Gasteiger partial charge in [-0.1, -0.05) is 12.1 Å².